The molecule has 0 atom stereocenters. The van der Waals surface area contributed by atoms with E-state index < -0.39 is 5.82 Å². The lowest BCUT2D eigenvalue weighted by Crippen LogP contribution is -2.39. The van der Waals surface area contributed by atoms with Crippen LogP contribution in [0.25, 0.3) is 0 Å². The van der Waals surface area contributed by atoms with Crippen LogP contribution in [0.5, 0.6) is 0 Å². The third-order valence-electron chi connectivity index (χ3n) is 2.68. The number of hydrogen-bond donors (Lipinski definition) is 2. The molecule has 3 nitrogen and oxygen atoms in total. The summed E-state index contributed by atoms with van der Waals surface area (Å²) in [4.78, 5) is 11.6. The van der Waals surface area contributed by atoms with Gasteiger partial charge in [0.2, 0.25) is 0 Å². The number of rotatable bonds is 2. The average molecular weight is 208 g/mol. The minimum absolute atomic E-state index is 0.0658. The molecular formula is C11H13FN2O. The molecule has 0 bridgehead atoms. The quantitative estimate of drug-likeness (QED) is 0.727. The molecule has 0 heterocycles. The van der Waals surface area contributed by atoms with Gasteiger partial charge in [0.05, 0.1) is 5.56 Å². The molecule has 0 unspecified atom stereocenters. The van der Waals surface area contributed by atoms with E-state index in [9.17, 15) is 9.18 Å². The van der Waals surface area contributed by atoms with Gasteiger partial charge in [-0.3, -0.25) is 4.79 Å². The Balaban J connectivity index is 2.10. The van der Waals surface area contributed by atoms with Crippen molar-refractivity contribution in [3.8, 4) is 0 Å². The molecule has 0 spiro atoms. The normalized spacial score (nSPS) is 15.8. The van der Waals surface area contributed by atoms with Gasteiger partial charge in [-0.15, -0.1) is 0 Å². The first-order valence-electron chi connectivity index (χ1n) is 5.02. The van der Waals surface area contributed by atoms with Gasteiger partial charge in [-0.2, -0.15) is 0 Å². The molecule has 4 heteroatoms. The molecule has 1 fully saturated rings. The molecule has 15 heavy (non-hydrogen) atoms. The lowest BCUT2D eigenvalue weighted by Gasteiger charge is -2.26. The molecule has 1 aliphatic rings. The number of hydrogen-bond acceptors (Lipinski definition) is 2. The summed E-state index contributed by atoms with van der Waals surface area (Å²) >= 11 is 0. The Labute approximate surface area is 87.5 Å². The lowest BCUT2D eigenvalue weighted by atomic mass is 9.93. The smallest absolute Gasteiger partial charge is 0.254 e. The molecule has 0 radical (unpaired) electrons. The van der Waals surface area contributed by atoms with Crippen LogP contribution in [0.2, 0.25) is 0 Å². The molecule has 1 aromatic rings. The molecule has 0 aromatic heterocycles. The highest BCUT2D eigenvalue weighted by atomic mass is 19.1. The van der Waals surface area contributed by atoms with Crippen molar-refractivity contribution in [2.45, 2.75) is 25.3 Å². The summed E-state index contributed by atoms with van der Waals surface area (Å²) in [7, 11) is 0. The first-order chi connectivity index (χ1) is 7.16. The van der Waals surface area contributed by atoms with E-state index >= 15 is 0 Å². The maximum absolute atomic E-state index is 13.3. The Bertz CT molecular complexity index is 388. The van der Waals surface area contributed by atoms with Gasteiger partial charge in [-0.1, -0.05) is 0 Å². The maximum Gasteiger partial charge on any atom is 0.254 e. The minimum atomic E-state index is -0.563. The number of nitrogens with one attached hydrogen (secondary N) is 1. The topological polar surface area (TPSA) is 55.1 Å². The van der Waals surface area contributed by atoms with E-state index in [2.05, 4.69) is 5.32 Å². The van der Waals surface area contributed by atoms with Crippen molar-refractivity contribution >= 4 is 11.6 Å². The molecular weight excluding hydrogens is 195 g/mol. The number of carbonyl (C=O) groups is 1. The van der Waals surface area contributed by atoms with Crippen LogP contribution in [0.3, 0.4) is 0 Å². The molecule has 1 aromatic carbocycles. The van der Waals surface area contributed by atoms with E-state index in [1.807, 2.05) is 0 Å². The molecule has 3 N–H and O–H groups in total. The predicted octanol–water partition coefficient (Wildman–Crippen LogP) is 1.69. The molecule has 1 aliphatic carbocycles. The van der Waals surface area contributed by atoms with Gasteiger partial charge >= 0.3 is 0 Å². The second kappa shape index (κ2) is 3.88. The van der Waals surface area contributed by atoms with E-state index in [4.69, 9.17) is 5.73 Å². The predicted molar refractivity (Wildman–Crippen MR) is 55.9 cm³/mol. The number of carbonyl (C=O) groups excluding carboxylic acids is 1. The first-order valence-corrected chi connectivity index (χ1v) is 5.02. The number of nitrogens with two attached hydrogens (primary N) is 1. The fourth-order valence-corrected chi connectivity index (χ4v) is 1.53. The van der Waals surface area contributed by atoms with Crippen LogP contribution in [0.1, 0.15) is 29.6 Å². The number of amides is 1. The van der Waals surface area contributed by atoms with Crippen molar-refractivity contribution in [3.63, 3.8) is 0 Å². The highest BCUT2D eigenvalue weighted by Crippen LogP contribution is 2.19. The lowest BCUT2D eigenvalue weighted by molar-refractivity contribution is 0.0913. The van der Waals surface area contributed by atoms with Crippen LogP contribution in [-0.2, 0) is 0 Å². The van der Waals surface area contributed by atoms with Crippen molar-refractivity contribution in [2.75, 3.05) is 5.73 Å². The van der Waals surface area contributed by atoms with Gasteiger partial charge in [0.15, 0.2) is 0 Å². The Morgan fingerprint density at radius 3 is 2.73 bits per heavy atom. The Morgan fingerprint density at radius 2 is 2.20 bits per heavy atom. The van der Waals surface area contributed by atoms with E-state index in [1.54, 1.807) is 0 Å². The van der Waals surface area contributed by atoms with E-state index in [0.29, 0.717) is 5.69 Å². The van der Waals surface area contributed by atoms with Crippen LogP contribution < -0.4 is 11.1 Å². The summed E-state index contributed by atoms with van der Waals surface area (Å²) in [5.41, 5.74) is 5.79. The summed E-state index contributed by atoms with van der Waals surface area (Å²) in [6.45, 7) is 0. The Hall–Kier alpha value is -1.58. The van der Waals surface area contributed by atoms with Crippen LogP contribution in [0.4, 0.5) is 10.1 Å². The third kappa shape index (κ3) is 2.09. The van der Waals surface area contributed by atoms with Crippen molar-refractivity contribution in [1.29, 1.82) is 0 Å². The largest absolute Gasteiger partial charge is 0.399 e. The Kier molecular flexibility index (Phi) is 2.58. The van der Waals surface area contributed by atoms with Gasteiger partial charge < -0.3 is 11.1 Å². The molecule has 1 amide bonds. The average Bonchev–Trinajstić information content (AvgIpc) is 2.11. The third-order valence-corrected chi connectivity index (χ3v) is 2.68. The Morgan fingerprint density at radius 1 is 1.47 bits per heavy atom. The zero-order valence-electron chi connectivity index (χ0n) is 8.29. The fraction of sp³-hybridized carbons (Fsp3) is 0.364. The van der Waals surface area contributed by atoms with Crippen LogP contribution >= 0.6 is 0 Å². The monoisotopic (exact) mass is 208 g/mol. The van der Waals surface area contributed by atoms with E-state index in [-0.39, 0.29) is 17.5 Å². The molecule has 0 aliphatic heterocycles. The zero-order chi connectivity index (χ0) is 10.8. The summed E-state index contributed by atoms with van der Waals surface area (Å²) < 4.78 is 13.3. The van der Waals surface area contributed by atoms with Gasteiger partial charge in [-0.05, 0) is 37.5 Å². The van der Waals surface area contributed by atoms with Crippen molar-refractivity contribution < 1.29 is 9.18 Å². The molecule has 2 rings (SSSR count). The molecule has 0 saturated heterocycles. The van der Waals surface area contributed by atoms with Crippen molar-refractivity contribution in [1.82, 2.24) is 5.32 Å². The second-order valence-corrected chi connectivity index (χ2v) is 3.84. The summed E-state index contributed by atoms with van der Waals surface area (Å²) in [5, 5.41) is 2.77. The standard InChI is InChI=1S/C11H13FN2O/c12-10-6-7(13)4-5-9(10)11(15)14-8-2-1-3-8/h4-6,8H,1-3,13H2,(H,14,15). The fourth-order valence-electron chi connectivity index (χ4n) is 1.53. The van der Waals surface area contributed by atoms with E-state index in [1.165, 1.54) is 12.1 Å². The summed E-state index contributed by atoms with van der Waals surface area (Å²) in [6.07, 6.45) is 3.11. The SMILES string of the molecule is Nc1ccc(C(=O)NC2CCC2)c(F)c1. The van der Waals surface area contributed by atoms with E-state index in [0.717, 1.165) is 25.3 Å². The molecule has 1 saturated carbocycles. The van der Waals surface area contributed by atoms with Gasteiger partial charge in [-0.25, -0.2) is 4.39 Å². The van der Waals surface area contributed by atoms with Gasteiger partial charge in [0.1, 0.15) is 5.82 Å². The van der Waals surface area contributed by atoms with Crippen molar-refractivity contribution in [3.05, 3.63) is 29.6 Å². The molecule has 80 valence electrons. The highest BCUT2D eigenvalue weighted by Gasteiger charge is 2.21. The first kappa shape index (κ1) is 9.96. The highest BCUT2D eigenvalue weighted by molar-refractivity contribution is 5.95. The van der Waals surface area contributed by atoms with Gasteiger partial charge in [0.25, 0.3) is 5.91 Å². The maximum atomic E-state index is 13.3. The van der Waals surface area contributed by atoms with Gasteiger partial charge in [0, 0.05) is 11.7 Å². The minimum Gasteiger partial charge on any atom is -0.399 e. The van der Waals surface area contributed by atoms with Crippen molar-refractivity contribution in [2.24, 2.45) is 0 Å². The number of nitrogen functional groups attached to an aromatic ring is 1. The van der Waals surface area contributed by atoms with Crippen LogP contribution in [0.15, 0.2) is 18.2 Å². The summed E-state index contributed by atoms with van der Waals surface area (Å²) in [6, 6.07) is 4.32. The zero-order valence-corrected chi connectivity index (χ0v) is 8.29. The second-order valence-electron chi connectivity index (χ2n) is 3.84. The van der Waals surface area contributed by atoms with Crippen LogP contribution in [0, 0.1) is 5.82 Å². The number of anilines is 1. The van der Waals surface area contributed by atoms with Crippen LogP contribution in [-0.4, -0.2) is 11.9 Å². The summed E-state index contributed by atoms with van der Waals surface area (Å²) in [5.74, 6) is -0.913. The number of halogens is 1. The number of benzene rings is 1.